The first-order valence-electron chi connectivity index (χ1n) is 9.69. The van der Waals surface area contributed by atoms with Gasteiger partial charge in [-0.3, -0.25) is 4.79 Å². The number of ketones is 1. The standard InChI is InChI=1S/C21H29ClO3/c1-19-9-7-14(24)11-13(19)3-4-15-16(19)8-10-20(2)17(15)5-6-18(22)21(20,25)12-23/h6,11,15-17,23,25H,3-5,7-10,12H2,1-2H3/t15-,16+,17+,19+,20+,21+/m1/s1. The van der Waals surface area contributed by atoms with Crippen molar-refractivity contribution in [3.8, 4) is 0 Å². The van der Waals surface area contributed by atoms with Gasteiger partial charge in [-0.1, -0.05) is 37.1 Å². The van der Waals surface area contributed by atoms with Gasteiger partial charge in [0.2, 0.25) is 0 Å². The highest BCUT2D eigenvalue weighted by Gasteiger charge is 2.62. The summed E-state index contributed by atoms with van der Waals surface area (Å²) in [7, 11) is 0. The number of aliphatic hydroxyl groups is 2. The molecule has 0 saturated heterocycles. The summed E-state index contributed by atoms with van der Waals surface area (Å²) in [5, 5.41) is 21.6. The lowest BCUT2D eigenvalue weighted by Crippen LogP contribution is -2.62. The average molecular weight is 365 g/mol. The van der Waals surface area contributed by atoms with E-state index in [1.54, 1.807) is 0 Å². The Morgan fingerprint density at radius 1 is 1.20 bits per heavy atom. The lowest BCUT2D eigenvalue weighted by atomic mass is 9.43. The van der Waals surface area contributed by atoms with Crippen molar-refractivity contribution in [2.75, 3.05) is 6.61 Å². The second kappa shape index (κ2) is 5.68. The smallest absolute Gasteiger partial charge is 0.155 e. The lowest BCUT2D eigenvalue weighted by molar-refractivity contribution is -0.165. The fourth-order valence-electron chi connectivity index (χ4n) is 6.76. The number of hydrogen-bond donors (Lipinski definition) is 2. The molecule has 2 fully saturated rings. The molecule has 138 valence electrons. The molecule has 0 aromatic carbocycles. The Labute approximate surface area is 155 Å². The fourth-order valence-corrected chi connectivity index (χ4v) is 7.12. The highest BCUT2D eigenvalue weighted by molar-refractivity contribution is 6.30. The molecule has 0 aromatic heterocycles. The van der Waals surface area contributed by atoms with Crippen LogP contribution < -0.4 is 0 Å². The maximum atomic E-state index is 11.9. The van der Waals surface area contributed by atoms with Crippen molar-refractivity contribution >= 4 is 17.4 Å². The van der Waals surface area contributed by atoms with Crippen molar-refractivity contribution in [2.24, 2.45) is 28.6 Å². The molecule has 25 heavy (non-hydrogen) atoms. The minimum Gasteiger partial charge on any atom is -0.393 e. The summed E-state index contributed by atoms with van der Waals surface area (Å²) in [6.45, 7) is 4.16. The molecule has 0 amide bonds. The van der Waals surface area contributed by atoms with Crippen molar-refractivity contribution in [3.05, 3.63) is 22.8 Å². The molecule has 4 rings (SSSR count). The average Bonchev–Trinajstić information content (AvgIpc) is 2.59. The summed E-state index contributed by atoms with van der Waals surface area (Å²) < 4.78 is 0. The van der Waals surface area contributed by atoms with Gasteiger partial charge >= 0.3 is 0 Å². The fraction of sp³-hybridized carbons (Fsp3) is 0.762. The van der Waals surface area contributed by atoms with Crippen LogP contribution in [0.3, 0.4) is 0 Å². The van der Waals surface area contributed by atoms with E-state index in [1.807, 2.05) is 12.2 Å². The van der Waals surface area contributed by atoms with E-state index in [0.29, 0.717) is 29.2 Å². The second-order valence-electron chi connectivity index (χ2n) is 9.23. The van der Waals surface area contributed by atoms with Gasteiger partial charge in [-0.15, -0.1) is 0 Å². The van der Waals surface area contributed by atoms with Crippen LogP contribution >= 0.6 is 11.6 Å². The summed E-state index contributed by atoms with van der Waals surface area (Å²) in [5.74, 6) is 1.70. The van der Waals surface area contributed by atoms with E-state index in [2.05, 4.69) is 13.8 Å². The van der Waals surface area contributed by atoms with Crippen molar-refractivity contribution < 1.29 is 15.0 Å². The van der Waals surface area contributed by atoms with Crippen molar-refractivity contribution in [1.82, 2.24) is 0 Å². The molecule has 0 aromatic rings. The molecule has 0 heterocycles. The zero-order valence-corrected chi connectivity index (χ0v) is 16.0. The van der Waals surface area contributed by atoms with Crippen molar-refractivity contribution in [1.29, 1.82) is 0 Å². The van der Waals surface area contributed by atoms with Gasteiger partial charge in [0.1, 0.15) is 5.60 Å². The number of halogens is 1. The monoisotopic (exact) mass is 364 g/mol. The van der Waals surface area contributed by atoms with Crippen LogP contribution in [0.4, 0.5) is 0 Å². The van der Waals surface area contributed by atoms with Crippen LogP contribution in [0.5, 0.6) is 0 Å². The topological polar surface area (TPSA) is 57.5 Å². The summed E-state index contributed by atoms with van der Waals surface area (Å²) in [4.78, 5) is 11.9. The SMILES string of the molecule is C[C@]12CCC(=O)C=C1CC[C@@H]1[C@@H]2CC[C@@]2(C)[C@H]1CC=C(Cl)[C@@]2(O)CO. The largest absolute Gasteiger partial charge is 0.393 e. The highest BCUT2D eigenvalue weighted by Crippen LogP contribution is 2.66. The Hall–Kier alpha value is -0.640. The van der Waals surface area contributed by atoms with E-state index >= 15 is 0 Å². The van der Waals surface area contributed by atoms with E-state index in [0.717, 1.165) is 38.5 Å². The van der Waals surface area contributed by atoms with E-state index in [9.17, 15) is 15.0 Å². The molecule has 6 atom stereocenters. The van der Waals surface area contributed by atoms with Crippen LogP contribution in [0.2, 0.25) is 0 Å². The van der Waals surface area contributed by atoms with E-state index < -0.39 is 5.60 Å². The Bertz CT molecular complexity index is 668. The molecular formula is C21H29ClO3. The van der Waals surface area contributed by atoms with Gasteiger partial charge in [-0.05, 0) is 67.8 Å². The van der Waals surface area contributed by atoms with Gasteiger partial charge in [0.05, 0.1) is 6.61 Å². The number of allylic oxidation sites excluding steroid dienone is 3. The predicted octanol–water partition coefficient (Wildman–Crippen LogP) is 3.97. The van der Waals surface area contributed by atoms with Crippen LogP contribution in [0.1, 0.15) is 58.8 Å². The molecule has 0 aliphatic heterocycles. The Morgan fingerprint density at radius 2 is 1.96 bits per heavy atom. The third-order valence-electron chi connectivity index (χ3n) is 8.47. The molecule has 2 saturated carbocycles. The van der Waals surface area contributed by atoms with Gasteiger partial charge in [0, 0.05) is 16.9 Å². The Balaban J connectivity index is 1.73. The van der Waals surface area contributed by atoms with Crippen LogP contribution in [-0.4, -0.2) is 28.2 Å². The molecule has 4 aliphatic carbocycles. The summed E-state index contributed by atoms with van der Waals surface area (Å²) >= 11 is 6.37. The normalized spacial score (nSPS) is 49.5. The van der Waals surface area contributed by atoms with Crippen LogP contribution in [0.15, 0.2) is 22.8 Å². The first kappa shape index (κ1) is 17.8. The molecule has 3 nitrogen and oxygen atoms in total. The van der Waals surface area contributed by atoms with E-state index in [-0.39, 0.29) is 23.2 Å². The van der Waals surface area contributed by atoms with Crippen LogP contribution in [-0.2, 0) is 4.79 Å². The molecule has 0 unspecified atom stereocenters. The predicted molar refractivity (Wildman–Crippen MR) is 98.1 cm³/mol. The molecule has 4 aliphatic rings. The maximum Gasteiger partial charge on any atom is 0.155 e. The van der Waals surface area contributed by atoms with Crippen LogP contribution in [0.25, 0.3) is 0 Å². The van der Waals surface area contributed by atoms with Crippen molar-refractivity contribution in [2.45, 2.75) is 64.4 Å². The number of rotatable bonds is 1. The molecule has 0 bridgehead atoms. The number of aliphatic hydroxyl groups excluding tert-OH is 1. The Morgan fingerprint density at radius 3 is 2.68 bits per heavy atom. The van der Waals surface area contributed by atoms with Crippen LogP contribution in [0, 0.1) is 28.6 Å². The first-order valence-corrected chi connectivity index (χ1v) is 10.1. The number of carbonyl (C=O) groups excluding carboxylic acids is 1. The maximum absolute atomic E-state index is 11.9. The number of carbonyl (C=O) groups is 1. The van der Waals surface area contributed by atoms with Gasteiger partial charge in [0.25, 0.3) is 0 Å². The van der Waals surface area contributed by atoms with E-state index in [4.69, 9.17) is 11.6 Å². The molecule has 2 N–H and O–H groups in total. The molecular weight excluding hydrogens is 336 g/mol. The quantitative estimate of drug-likeness (QED) is 0.740. The Kier molecular flexibility index (Phi) is 4.03. The minimum atomic E-state index is -1.32. The van der Waals surface area contributed by atoms with Gasteiger partial charge in [0.15, 0.2) is 5.78 Å². The summed E-state index contributed by atoms with van der Waals surface area (Å²) in [6.07, 6.45) is 10.3. The van der Waals surface area contributed by atoms with Crippen molar-refractivity contribution in [3.63, 3.8) is 0 Å². The number of fused-ring (bicyclic) bond motifs is 5. The van der Waals surface area contributed by atoms with Gasteiger partial charge in [-0.25, -0.2) is 0 Å². The number of hydrogen-bond acceptors (Lipinski definition) is 3. The second-order valence-corrected chi connectivity index (χ2v) is 9.64. The van der Waals surface area contributed by atoms with E-state index in [1.165, 1.54) is 5.57 Å². The highest BCUT2D eigenvalue weighted by atomic mass is 35.5. The summed E-state index contributed by atoms with van der Waals surface area (Å²) in [5.41, 5.74) is -0.213. The minimum absolute atomic E-state index is 0.125. The molecule has 0 spiro atoms. The molecule has 0 radical (unpaired) electrons. The van der Waals surface area contributed by atoms with Gasteiger partial charge < -0.3 is 10.2 Å². The third-order valence-corrected chi connectivity index (χ3v) is 8.94. The molecule has 4 heteroatoms. The third kappa shape index (κ3) is 2.22. The summed E-state index contributed by atoms with van der Waals surface area (Å²) in [6, 6.07) is 0. The lowest BCUT2D eigenvalue weighted by Gasteiger charge is -2.63. The van der Waals surface area contributed by atoms with Gasteiger partial charge in [-0.2, -0.15) is 0 Å². The zero-order chi connectivity index (χ0) is 18.0. The first-order chi connectivity index (χ1) is 11.8. The zero-order valence-electron chi connectivity index (χ0n) is 15.2.